The molecule has 9 nitrogen and oxygen atoms in total. The number of aliphatic hydroxyl groups is 5. The van der Waals surface area contributed by atoms with Gasteiger partial charge in [0.1, 0.15) is 42.1 Å². The Morgan fingerprint density at radius 2 is 1.52 bits per heavy atom. The minimum atomic E-state index is -1.49. The number of ether oxygens (including phenoxy) is 1. The van der Waals surface area contributed by atoms with E-state index in [9.17, 15) is 39.8 Å². The van der Waals surface area contributed by atoms with Gasteiger partial charge in [-0.3, -0.25) is 4.79 Å². The van der Waals surface area contributed by atoms with Gasteiger partial charge in [0, 0.05) is 21.9 Å². The zero-order valence-corrected chi connectivity index (χ0v) is 25.3. The molecule has 46 heavy (non-hydrogen) atoms. The summed E-state index contributed by atoms with van der Waals surface area (Å²) in [6.07, 6.45) is -7.37. The number of hydrogen-bond acceptors (Lipinski definition) is 9. The second-order valence-electron chi connectivity index (χ2n) is 11.5. The number of amides is 1. The number of hydrogen-bond donors (Lipinski definition) is 6. The maximum atomic E-state index is 13.5. The lowest BCUT2D eigenvalue weighted by Crippen LogP contribution is -2.60. The van der Waals surface area contributed by atoms with E-state index in [2.05, 4.69) is 0 Å². The Morgan fingerprint density at radius 1 is 0.848 bits per heavy atom. The number of phenols is 1. The molecule has 2 heterocycles. The van der Waals surface area contributed by atoms with Crippen molar-refractivity contribution in [1.29, 1.82) is 0 Å². The molecule has 0 spiro atoms. The molecule has 6 rings (SSSR count). The Balaban J connectivity index is 1.24. The average molecular weight is 648 g/mol. The quantitative estimate of drug-likeness (QED) is 0.118. The van der Waals surface area contributed by atoms with E-state index in [-0.39, 0.29) is 23.2 Å². The third-order valence-corrected chi connectivity index (χ3v) is 9.75. The predicted molar refractivity (Wildman–Crippen MR) is 170 cm³/mol. The van der Waals surface area contributed by atoms with Crippen LogP contribution in [-0.2, 0) is 9.53 Å². The first-order valence-electron chi connectivity index (χ1n) is 14.9. The Morgan fingerprint density at radius 3 is 2.17 bits per heavy atom. The maximum absolute atomic E-state index is 13.5. The van der Waals surface area contributed by atoms with Gasteiger partial charge in [0.2, 0.25) is 5.91 Å². The molecule has 0 saturated carbocycles. The van der Waals surface area contributed by atoms with Crippen LogP contribution in [0.25, 0.3) is 11.1 Å². The Hall–Kier alpha value is -3.81. The van der Waals surface area contributed by atoms with Crippen LogP contribution in [0.5, 0.6) is 5.75 Å². The summed E-state index contributed by atoms with van der Waals surface area (Å²) in [6.45, 7) is -0.523. The molecule has 0 radical (unpaired) electrons. The molecular weight excluding hydrogens is 613 g/mol. The summed E-state index contributed by atoms with van der Waals surface area (Å²) in [6, 6.07) is 26.3. The first-order valence-corrected chi connectivity index (χ1v) is 15.8. The third kappa shape index (κ3) is 6.15. The lowest BCUT2D eigenvalue weighted by atomic mass is 9.78. The normalized spacial score (nSPS) is 26.9. The number of aromatic hydroxyl groups is 1. The van der Waals surface area contributed by atoms with Crippen molar-refractivity contribution in [3.8, 4) is 16.9 Å². The number of aliphatic hydroxyl groups excluding tert-OH is 5. The number of thioether (sulfide) groups is 1. The predicted octanol–water partition coefficient (Wildman–Crippen LogP) is 3.57. The first kappa shape index (κ1) is 32.1. The molecule has 240 valence electrons. The van der Waals surface area contributed by atoms with E-state index in [1.807, 2.05) is 18.2 Å². The number of nitrogens with zero attached hydrogens (tertiary/aromatic N) is 1. The van der Waals surface area contributed by atoms with E-state index in [4.69, 9.17) is 4.74 Å². The largest absolute Gasteiger partial charge is 0.508 e. The van der Waals surface area contributed by atoms with Crippen molar-refractivity contribution >= 4 is 23.4 Å². The van der Waals surface area contributed by atoms with E-state index in [1.165, 1.54) is 23.9 Å². The topological polar surface area (TPSA) is 151 Å². The maximum Gasteiger partial charge on any atom is 0.235 e. The average Bonchev–Trinajstić information content (AvgIpc) is 3.07. The second-order valence-corrected chi connectivity index (χ2v) is 12.6. The number of β-lactam (4-membered cyclic amide) rings is 1. The molecule has 2 saturated heterocycles. The number of para-hydroxylation sites is 1. The molecule has 4 aromatic carbocycles. The molecule has 2 aliphatic heterocycles. The van der Waals surface area contributed by atoms with Crippen LogP contribution < -0.4 is 4.90 Å². The van der Waals surface area contributed by atoms with Crippen LogP contribution >= 0.6 is 11.8 Å². The van der Waals surface area contributed by atoms with Gasteiger partial charge in [0.05, 0.1) is 24.7 Å². The summed E-state index contributed by atoms with van der Waals surface area (Å²) >= 11 is 1.31. The molecule has 4 aromatic rings. The van der Waals surface area contributed by atoms with Crippen molar-refractivity contribution < 1.29 is 44.6 Å². The molecule has 8 unspecified atom stereocenters. The van der Waals surface area contributed by atoms with Gasteiger partial charge in [-0.15, -0.1) is 11.8 Å². The minimum absolute atomic E-state index is 0.0580. The van der Waals surface area contributed by atoms with Gasteiger partial charge in [0.15, 0.2) is 0 Å². The summed E-state index contributed by atoms with van der Waals surface area (Å²) in [5, 5.41) is 62.7. The van der Waals surface area contributed by atoms with Crippen molar-refractivity contribution in [2.45, 2.75) is 47.6 Å². The van der Waals surface area contributed by atoms with Gasteiger partial charge in [-0.05, 0) is 59.2 Å². The van der Waals surface area contributed by atoms with Crippen LogP contribution in [0.4, 0.5) is 10.1 Å². The molecule has 0 bridgehead atoms. The smallest absolute Gasteiger partial charge is 0.235 e. The highest BCUT2D eigenvalue weighted by Gasteiger charge is 2.53. The van der Waals surface area contributed by atoms with E-state index >= 15 is 0 Å². The fraction of sp³-hybridized carbons (Fsp3) is 0.286. The highest BCUT2D eigenvalue weighted by molar-refractivity contribution is 7.99. The van der Waals surface area contributed by atoms with Crippen molar-refractivity contribution in [2.75, 3.05) is 17.3 Å². The summed E-state index contributed by atoms with van der Waals surface area (Å²) in [5.74, 6) is -1.31. The van der Waals surface area contributed by atoms with Gasteiger partial charge < -0.3 is 40.3 Å². The minimum Gasteiger partial charge on any atom is -0.508 e. The highest BCUT2D eigenvalue weighted by atomic mass is 32.2. The Labute approximate surface area is 269 Å². The molecule has 0 aromatic heterocycles. The summed E-state index contributed by atoms with van der Waals surface area (Å²) < 4.78 is 19.0. The zero-order chi connectivity index (χ0) is 32.5. The molecule has 11 heteroatoms. The number of phenolic OH excluding ortho intramolecular Hbond substituents is 1. The number of benzene rings is 4. The molecule has 0 aliphatic carbocycles. The fourth-order valence-corrected chi connectivity index (χ4v) is 7.03. The Kier molecular flexibility index (Phi) is 9.44. The summed E-state index contributed by atoms with van der Waals surface area (Å²) in [7, 11) is 0. The summed E-state index contributed by atoms with van der Waals surface area (Å²) in [5.41, 5.74) is 3.04. The molecule has 1 amide bonds. The molecular formula is C35H34FNO8S. The summed E-state index contributed by atoms with van der Waals surface area (Å²) in [4.78, 5) is 15.8. The van der Waals surface area contributed by atoms with Gasteiger partial charge in [0.25, 0.3) is 0 Å². The SMILES string of the molecule is O=C1C(C(O)CSc2ccc(F)cc2)C(c2ccc(-c3ccc(C4OC(CO)C(O)C(O)C4O)cc3)cc2O)N1c1ccccc1. The van der Waals surface area contributed by atoms with E-state index in [0.29, 0.717) is 22.4 Å². The van der Waals surface area contributed by atoms with Crippen LogP contribution in [0.2, 0.25) is 0 Å². The first-order chi connectivity index (χ1) is 22.2. The monoisotopic (exact) mass is 647 g/mol. The van der Waals surface area contributed by atoms with Crippen LogP contribution in [0.1, 0.15) is 23.3 Å². The zero-order valence-electron chi connectivity index (χ0n) is 24.5. The van der Waals surface area contributed by atoms with E-state index < -0.39 is 55.2 Å². The third-order valence-electron chi connectivity index (χ3n) is 8.64. The Bertz CT molecular complexity index is 1660. The number of rotatable bonds is 9. The standard InChI is InChI=1S/C35H34FNO8S/c36-22-11-13-24(14-12-22)46-18-27(40)29-30(37(35(29)44)23-4-2-1-3-5-23)25-15-10-21(16-26(25)39)19-6-8-20(9-7-19)34-33(43)32(42)31(41)28(17-38)45-34/h1-16,27-34,38-43H,17-18H2. The number of halogens is 1. The second kappa shape index (κ2) is 13.5. The lowest BCUT2D eigenvalue weighted by molar-refractivity contribution is -0.231. The van der Waals surface area contributed by atoms with Crippen LogP contribution in [0, 0.1) is 11.7 Å². The number of carbonyl (C=O) groups excluding carboxylic acids is 1. The number of anilines is 1. The van der Waals surface area contributed by atoms with Crippen LogP contribution in [0.15, 0.2) is 102 Å². The highest BCUT2D eigenvalue weighted by Crippen LogP contribution is 2.48. The molecule has 8 atom stereocenters. The van der Waals surface area contributed by atoms with Gasteiger partial charge in [-0.1, -0.05) is 54.6 Å². The van der Waals surface area contributed by atoms with Crippen molar-refractivity contribution in [1.82, 2.24) is 0 Å². The lowest BCUT2D eigenvalue weighted by Gasteiger charge is -2.49. The van der Waals surface area contributed by atoms with Gasteiger partial charge in [-0.25, -0.2) is 4.39 Å². The number of carbonyl (C=O) groups is 1. The molecule has 6 N–H and O–H groups in total. The van der Waals surface area contributed by atoms with Crippen LogP contribution in [-0.4, -0.2) is 79.4 Å². The molecule has 2 fully saturated rings. The van der Waals surface area contributed by atoms with E-state index in [1.54, 1.807) is 71.6 Å². The van der Waals surface area contributed by atoms with Gasteiger partial charge >= 0.3 is 0 Å². The fourth-order valence-electron chi connectivity index (χ4n) is 6.13. The van der Waals surface area contributed by atoms with Crippen molar-refractivity contribution in [2.24, 2.45) is 5.92 Å². The van der Waals surface area contributed by atoms with Gasteiger partial charge in [-0.2, -0.15) is 0 Å². The molecule has 2 aliphatic rings. The van der Waals surface area contributed by atoms with Crippen LogP contribution in [0.3, 0.4) is 0 Å². The van der Waals surface area contributed by atoms with Crippen molar-refractivity contribution in [3.05, 3.63) is 114 Å². The van der Waals surface area contributed by atoms with E-state index in [0.717, 1.165) is 10.5 Å². The van der Waals surface area contributed by atoms with Crippen molar-refractivity contribution in [3.63, 3.8) is 0 Å².